The molecule has 1 fully saturated rings. The summed E-state index contributed by atoms with van der Waals surface area (Å²) in [6.45, 7) is 1.47. The number of halogens is 3. The fourth-order valence-electron chi connectivity index (χ4n) is 2.23. The van der Waals surface area contributed by atoms with E-state index < -0.39 is 10.0 Å². The molecule has 2 rings (SSSR count). The van der Waals surface area contributed by atoms with Crippen molar-refractivity contribution < 1.29 is 13.2 Å². The Morgan fingerprint density at radius 1 is 1.48 bits per heavy atom. The summed E-state index contributed by atoms with van der Waals surface area (Å²) < 4.78 is 32.6. The van der Waals surface area contributed by atoms with E-state index >= 15 is 0 Å². The normalized spacial score (nSPS) is 18.6. The molecule has 0 radical (unpaired) electrons. The Morgan fingerprint density at radius 2 is 2.14 bits per heavy atom. The molecule has 1 aromatic rings. The first-order chi connectivity index (χ1) is 9.37. The third-order valence-corrected chi connectivity index (χ3v) is 6.11. The lowest BCUT2D eigenvalue weighted by molar-refractivity contribution is 0.375. The summed E-state index contributed by atoms with van der Waals surface area (Å²) in [6, 6.07) is 2.97. The summed E-state index contributed by atoms with van der Waals surface area (Å²) >= 11 is 9.25. The number of methoxy groups -OCH3 is 1. The van der Waals surface area contributed by atoms with Gasteiger partial charge in [-0.05, 0) is 41.0 Å². The third-order valence-electron chi connectivity index (χ3n) is 3.38. The van der Waals surface area contributed by atoms with Crippen LogP contribution >= 0.6 is 39.9 Å². The average molecular weight is 420 g/mol. The maximum absolute atomic E-state index is 12.7. The number of sulfonamides is 1. The number of nitrogens with zero attached hydrogens (tertiary/aromatic N) is 1. The van der Waals surface area contributed by atoms with Gasteiger partial charge >= 0.3 is 0 Å². The fraction of sp³-hybridized carbons (Fsp3) is 0.500. The lowest BCUT2D eigenvalue weighted by Crippen LogP contribution is -2.38. The highest BCUT2D eigenvalue weighted by Gasteiger charge is 2.33. The molecule has 1 atom stereocenters. The average Bonchev–Trinajstić information content (AvgIpc) is 2.90. The first-order valence-electron chi connectivity index (χ1n) is 6.09. The van der Waals surface area contributed by atoms with Gasteiger partial charge in [-0.25, -0.2) is 8.42 Å². The molecule has 1 heterocycles. The Hall–Kier alpha value is -0.0500. The smallest absolute Gasteiger partial charge is 0.246 e. The molecule has 1 aliphatic rings. The summed E-state index contributed by atoms with van der Waals surface area (Å²) in [5, 5.41) is 3.50. The fourth-order valence-corrected chi connectivity index (χ4v) is 4.98. The monoisotopic (exact) mass is 418 g/mol. The van der Waals surface area contributed by atoms with Crippen molar-refractivity contribution in [2.24, 2.45) is 0 Å². The summed E-state index contributed by atoms with van der Waals surface area (Å²) in [5.41, 5.74) is 0. The quantitative estimate of drug-likeness (QED) is 0.814. The highest BCUT2D eigenvalue weighted by atomic mass is 79.9. The summed E-state index contributed by atoms with van der Waals surface area (Å²) in [6.07, 6.45) is 0.791. The minimum absolute atomic E-state index is 0. The second-order valence-electron chi connectivity index (χ2n) is 4.59. The van der Waals surface area contributed by atoms with E-state index in [-0.39, 0.29) is 29.1 Å². The van der Waals surface area contributed by atoms with E-state index in [9.17, 15) is 8.42 Å². The zero-order valence-corrected chi connectivity index (χ0v) is 15.6. The van der Waals surface area contributed by atoms with Crippen molar-refractivity contribution >= 4 is 50.0 Å². The second kappa shape index (κ2) is 7.48. The molecule has 0 aliphatic carbocycles. The Morgan fingerprint density at radius 3 is 2.67 bits per heavy atom. The van der Waals surface area contributed by atoms with E-state index in [0.29, 0.717) is 16.0 Å². The third kappa shape index (κ3) is 3.83. The summed E-state index contributed by atoms with van der Waals surface area (Å²) in [5.74, 6) is 0.271. The highest BCUT2D eigenvalue weighted by molar-refractivity contribution is 9.10. The molecule has 0 saturated carbocycles. The van der Waals surface area contributed by atoms with Crippen LogP contribution in [-0.2, 0) is 10.0 Å². The maximum atomic E-state index is 12.7. The molecule has 0 bridgehead atoms. The van der Waals surface area contributed by atoms with Crippen LogP contribution in [-0.4, -0.2) is 46.0 Å². The van der Waals surface area contributed by atoms with E-state index in [1.807, 2.05) is 0 Å². The minimum atomic E-state index is -3.66. The van der Waals surface area contributed by atoms with Gasteiger partial charge in [0.1, 0.15) is 4.90 Å². The van der Waals surface area contributed by atoms with Crippen molar-refractivity contribution in [1.82, 2.24) is 9.62 Å². The van der Waals surface area contributed by atoms with Crippen molar-refractivity contribution in [3.8, 4) is 5.75 Å². The van der Waals surface area contributed by atoms with Crippen LogP contribution in [0.3, 0.4) is 0 Å². The molecule has 0 aromatic heterocycles. The van der Waals surface area contributed by atoms with Gasteiger partial charge in [0, 0.05) is 24.7 Å². The molecule has 1 aromatic carbocycles. The number of ether oxygens (including phenoxy) is 1. The van der Waals surface area contributed by atoms with Crippen LogP contribution in [0.2, 0.25) is 5.02 Å². The van der Waals surface area contributed by atoms with Gasteiger partial charge < -0.3 is 10.1 Å². The highest BCUT2D eigenvalue weighted by Crippen LogP contribution is 2.37. The van der Waals surface area contributed by atoms with Crippen LogP contribution in [0.15, 0.2) is 21.5 Å². The lowest BCUT2D eigenvalue weighted by atomic mass is 10.3. The molecule has 1 saturated heterocycles. The van der Waals surface area contributed by atoms with E-state index in [0.717, 1.165) is 13.0 Å². The number of rotatable bonds is 4. The van der Waals surface area contributed by atoms with Crippen molar-refractivity contribution in [3.63, 3.8) is 0 Å². The van der Waals surface area contributed by atoms with Crippen LogP contribution in [0.4, 0.5) is 0 Å². The largest absolute Gasteiger partial charge is 0.494 e. The molecule has 120 valence electrons. The number of nitrogens with one attached hydrogen (secondary N) is 1. The number of hydrogen-bond donors (Lipinski definition) is 1. The van der Waals surface area contributed by atoms with Crippen LogP contribution in [0.1, 0.15) is 6.42 Å². The van der Waals surface area contributed by atoms with Crippen LogP contribution in [0.5, 0.6) is 5.75 Å². The minimum Gasteiger partial charge on any atom is -0.494 e. The zero-order valence-electron chi connectivity index (χ0n) is 11.6. The molecule has 1 unspecified atom stereocenters. The zero-order chi connectivity index (χ0) is 14.9. The van der Waals surface area contributed by atoms with Crippen molar-refractivity contribution in [3.05, 3.63) is 21.6 Å². The van der Waals surface area contributed by atoms with Crippen molar-refractivity contribution in [1.29, 1.82) is 0 Å². The Labute approximate surface area is 144 Å². The van der Waals surface area contributed by atoms with Gasteiger partial charge in [-0.2, -0.15) is 4.31 Å². The molecule has 0 amide bonds. The van der Waals surface area contributed by atoms with Crippen molar-refractivity contribution in [2.45, 2.75) is 17.4 Å². The predicted molar refractivity (Wildman–Crippen MR) is 89.2 cm³/mol. The maximum Gasteiger partial charge on any atom is 0.246 e. The van der Waals surface area contributed by atoms with Crippen LogP contribution < -0.4 is 10.1 Å². The molecule has 1 N–H and O–H groups in total. The van der Waals surface area contributed by atoms with E-state index in [1.165, 1.54) is 17.5 Å². The van der Waals surface area contributed by atoms with Crippen LogP contribution in [0, 0.1) is 0 Å². The summed E-state index contributed by atoms with van der Waals surface area (Å²) in [4.78, 5) is 0.0776. The lowest BCUT2D eigenvalue weighted by Gasteiger charge is -2.24. The van der Waals surface area contributed by atoms with E-state index in [1.54, 1.807) is 13.1 Å². The van der Waals surface area contributed by atoms with Gasteiger partial charge in [-0.15, -0.1) is 12.4 Å². The van der Waals surface area contributed by atoms with E-state index in [4.69, 9.17) is 16.3 Å². The summed E-state index contributed by atoms with van der Waals surface area (Å²) in [7, 11) is -0.637. The van der Waals surface area contributed by atoms with Gasteiger partial charge in [0.2, 0.25) is 10.0 Å². The predicted octanol–water partition coefficient (Wildman–Crippen LogP) is 2.52. The molecular formula is C12H17BrCl2N2O3S. The van der Waals surface area contributed by atoms with Gasteiger partial charge in [0.05, 0.1) is 11.6 Å². The Kier molecular flexibility index (Phi) is 6.77. The van der Waals surface area contributed by atoms with Gasteiger partial charge in [-0.1, -0.05) is 11.6 Å². The molecule has 0 spiro atoms. The molecule has 1 aliphatic heterocycles. The number of hydrogen-bond acceptors (Lipinski definition) is 4. The number of benzene rings is 1. The SMILES string of the molecule is COc1c(Br)cc(Cl)cc1S(=O)(=O)N(C)C1CCNC1.Cl. The number of likely N-dealkylation sites (N-methyl/N-ethyl adjacent to an activating group) is 1. The first-order valence-corrected chi connectivity index (χ1v) is 8.71. The van der Waals surface area contributed by atoms with Crippen LogP contribution in [0.25, 0.3) is 0 Å². The topological polar surface area (TPSA) is 58.6 Å². The van der Waals surface area contributed by atoms with E-state index in [2.05, 4.69) is 21.2 Å². The molecule has 9 heteroatoms. The second-order valence-corrected chi connectivity index (χ2v) is 7.84. The molecule has 5 nitrogen and oxygen atoms in total. The van der Waals surface area contributed by atoms with Gasteiger partial charge in [0.15, 0.2) is 5.75 Å². The van der Waals surface area contributed by atoms with Crippen molar-refractivity contribution in [2.75, 3.05) is 27.2 Å². The van der Waals surface area contributed by atoms with Gasteiger partial charge in [-0.3, -0.25) is 0 Å². The first kappa shape index (κ1) is 19.0. The van der Waals surface area contributed by atoms with Gasteiger partial charge in [0.25, 0.3) is 0 Å². The Bertz CT molecular complexity index is 607. The Balaban J connectivity index is 0.00000220. The standard InChI is InChI=1S/C12H16BrClN2O3S.ClH/c1-16(9-3-4-15-7-9)20(17,18)11-6-8(14)5-10(13)12(11)19-2;/h5-6,9,15H,3-4,7H2,1-2H3;1H. The molecular weight excluding hydrogens is 403 g/mol. The molecule has 21 heavy (non-hydrogen) atoms.